The Morgan fingerprint density at radius 1 is 1.22 bits per heavy atom. The Kier molecular flexibility index (Phi) is 8.71. The van der Waals surface area contributed by atoms with Crippen LogP contribution in [0.2, 0.25) is 0 Å². The van der Waals surface area contributed by atoms with E-state index in [2.05, 4.69) is 21.9 Å². The highest BCUT2D eigenvalue weighted by atomic mass is 19.1. The maximum absolute atomic E-state index is 14.5. The molecule has 1 fully saturated rings. The zero-order valence-electron chi connectivity index (χ0n) is 26.5. The molecule has 1 saturated heterocycles. The minimum absolute atomic E-state index is 0.00700. The van der Waals surface area contributed by atoms with E-state index in [1.165, 1.54) is 47.2 Å². The molecule has 0 radical (unpaired) electrons. The van der Waals surface area contributed by atoms with Gasteiger partial charge in [0.2, 0.25) is 17.7 Å². The van der Waals surface area contributed by atoms with Crippen LogP contribution in [0.25, 0.3) is 0 Å². The molecule has 4 atom stereocenters. The molecule has 0 aliphatic carbocycles. The van der Waals surface area contributed by atoms with E-state index in [1.54, 1.807) is 13.0 Å². The standard InChI is InChI=1S/C34H37FN6O5/c1-20-14-26(39-46-20)29(42)37-27(15-21-10-12-22(35)13-11-21)30(43)40(5)28(17-33(2,3)4)31(44)41-19-34(16-23(41)18-36)24-8-6-7-9-25(24)38-32(34)45/h6-14,23,27-28H,15-17,19H2,1-5H3,(H,37,42)(H,38,45)/t23-,27-,28-,34-/m0/s1. The van der Waals surface area contributed by atoms with Gasteiger partial charge >= 0.3 is 0 Å². The second-order valence-corrected chi connectivity index (χ2v) is 13.3. The Labute approximate surface area is 266 Å². The molecular weight excluding hydrogens is 591 g/mol. The maximum Gasteiger partial charge on any atom is 0.274 e. The molecule has 2 aromatic carbocycles. The number of benzene rings is 2. The van der Waals surface area contributed by atoms with Crippen molar-refractivity contribution in [2.75, 3.05) is 18.9 Å². The second kappa shape index (κ2) is 12.4. The zero-order valence-corrected chi connectivity index (χ0v) is 26.5. The highest BCUT2D eigenvalue weighted by molar-refractivity contribution is 6.07. The molecule has 1 spiro atoms. The predicted molar refractivity (Wildman–Crippen MR) is 166 cm³/mol. The molecule has 12 heteroatoms. The zero-order chi connectivity index (χ0) is 33.4. The molecule has 0 unspecified atom stereocenters. The van der Waals surface area contributed by atoms with Crippen molar-refractivity contribution in [1.82, 2.24) is 20.3 Å². The number of likely N-dealkylation sites (N-methyl/N-ethyl adjacent to an activating group) is 1. The van der Waals surface area contributed by atoms with Crippen molar-refractivity contribution in [2.45, 2.75) is 70.5 Å². The summed E-state index contributed by atoms with van der Waals surface area (Å²) in [4.78, 5) is 57.9. The van der Waals surface area contributed by atoms with Crippen LogP contribution in [-0.2, 0) is 26.2 Å². The number of nitrogens with zero attached hydrogens (tertiary/aromatic N) is 4. The highest BCUT2D eigenvalue weighted by Crippen LogP contribution is 2.46. The number of nitriles is 1. The summed E-state index contributed by atoms with van der Waals surface area (Å²) in [5.74, 6) is -1.99. The van der Waals surface area contributed by atoms with Gasteiger partial charge in [0.05, 0.1) is 11.5 Å². The fourth-order valence-electron chi connectivity index (χ4n) is 6.31. The Morgan fingerprint density at radius 2 is 1.91 bits per heavy atom. The molecule has 2 N–H and O–H groups in total. The number of carbonyl (C=O) groups excluding carboxylic acids is 4. The average Bonchev–Trinajstić information content (AvgIpc) is 3.71. The number of aromatic nitrogens is 1. The number of likely N-dealkylation sites (tertiary alicyclic amines) is 1. The number of fused-ring (bicyclic) bond motifs is 2. The van der Waals surface area contributed by atoms with Gasteiger partial charge in [0.15, 0.2) is 5.69 Å². The van der Waals surface area contributed by atoms with Crippen molar-refractivity contribution in [3.8, 4) is 6.07 Å². The Morgan fingerprint density at radius 3 is 2.54 bits per heavy atom. The first kappa shape index (κ1) is 32.3. The number of amides is 4. The third-order valence-electron chi connectivity index (χ3n) is 8.64. The van der Waals surface area contributed by atoms with Gasteiger partial charge in [-0.05, 0) is 48.1 Å². The molecule has 3 heterocycles. The van der Waals surface area contributed by atoms with Crippen molar-refractivity contribution in [2.24, 2.45) is 5.41 Å². The fraction of sp³-hybridized carbons (Fsp3) is 0.412. The molecule has 4 amide bonds. The van der Waals surface area contributed by atoms with Gasteiger partial charge < -0.3 is 25.0 Å². The van der Waals surface area contributed by atoms with Gasteiger partial charge in [-0.3, -0.25) is 19.2 Å². The summed E-state index contributed by atoms with van der Waals surface area (Å²) in [6.07, 6.45) is 0.365. The maximum atomic E-state index is 14.5. The topological polar surface area (TPSA) is 149 Å². The molecule has 5 rings (SSSR count). The Bertz CT molecular complexity index is 1710. The van der Waals surface area contributed by atoms with Crippen LogP contribution in [0.1, 0.15) is 61.0 Å². The number of hydrogen-bond donors (Lipinski definition) is 2. The van der Waals surface area contributed by atoms with Gasteiger partial charge in [-0.2, -0.15) is 5.26 Å². The SMILES string of the molecule is Cc1cc(C(=O)N[C@@H](Cc2ccc(F)cc2)C(=O)N(C)[C@@H](CC(C)(C)C)C(=O)N2C[C@]3(C[C@H]2C#N)C(=O)Nc2ccccc23)no1. The Balaban J connectivity index is 1.46. The smallest absolute Gasteiger partial charge is 0.274 e. The van der Waals surface area contributed by atoms with Gasteiger partial charge in [-0.25, -0.2) is 4.39 Å². The first-order valence-electron chi connectivity index (χ1n) is 15.1. The van der Waals surface area contributed by atoms with E-state index in [0.717, 1.165) is 5.56 Å². The van der Waals surface area contributed by atoms with Gasteiger partial charge in [0, 0.05) is 38.2 Å². The van der Waals surface area contributed by atoms with Crippen LogP contribution in [0.15, 0.2) is 59.1 Å². The van der Waals surface area contributed by atoms with Crippen molar-refractivity contribution in [3.05, 3.63) is 83.0 Å². The monoisotopic (exact) mass is 628 g/mol. The molecule has 3 aromatic rings. The van der Waals surface area contributed by atoms with Crippen molar-refractivity contribution in [3.63, 3.8) is 0 Å². The lowest BCUT2D eigenvalue weighted by atomic mass is 9.80. The van der Waals surface area contributed by atoms with Crippen LogP contribution in [-0.4, -0.2) is 70.3 Å². The summed E-state index contributed by atoms with van der Waals surface area (Å²) in [7, 11) is 1.49. The summed E-state index contributed by atoms with van der Waals surface area (Å²) < 4.78 is 18.7. The molecule has 46 heavy (non-hydrogen) atoms. The minimum Gasteiger partial charge on any atom is -0.361 e. The number of para-hydroxylation sites is 1. The van der Waals surface area contributed by atoms with Crippen molar-refractivity contribution in [1.29, 1.82) is 5.26 Å². The van der Waals surface area contributed by atoms with E-state index in [1.807, 2.05) is 39.0 Å². The van der Waals surface area contributed by atoms with Crippen LogP contribution in [0, 0.1) is 29.5 Å². The lowest BCUT2D eigenvalue weighted by molar-refractivity contribution is -0.147. The molecule has 0 bridgehead atoms. The second-order valence-electron chi connectivity index (χ2n) is 13.3. The molecule has 2 aliphatic heterocycles. The normalized spacial score (nSPS) is 20.1. The first-order valence-corrected chi connectivity index (χ1v) is 15.1. The van der Waals surface area contributed by atoms with E-state index in [9.17, 15) is 28.8 Å². The largest absolute Gasteiger partial charge is 0.361 e. The average molecular weight is 629 g/mol. The van der Waals surface area contributed by atoms with E-state index in [4.69, 9.17) is 4.52 Å². The van der Waals surface area contributed by atoms with Crippen LogP contribution >= 0.6 is 0 Å². The number of halogens is 1. The molecule has 11 nitrogen and oxygen atoms in total. The highest BCUT2D eigenvalue weighted by Gasteiger charge is 2.57. The molecular formula is C34H37FN6O5. The van der Waals surface area contributed by atoms with E-state index >= 15 is 0 Å². The number of aryl methyl sites for hydroxylation is 1. The van der Waals surface area contributed by atoms with E-state index < -0.39 is 52.5 Å². The van der Waals surface area contributed by atoms with Crippen LogP contribution in [0.4, 0.5) is 10.1 Å². The van der Waals surface area contributed by atoms with Gasteiger partial charge in [0.25, 0.3) is 5.91 Å². The quantitative estimate of drug-likeness (QED) is 0.386. The number of anilines is 1. The predicted octanol–water partition coefficient (Wildman–Crippen LogP) is 3.74. The van der Waals surface area contributed by atoms with Gasteiger partial charge in [-0.1, -0.05) is 56.3 Å². The molecule has 1 aromatic heterocycles. The summed E-state index contributed by atoms with van der Waals surface area (Å²) in [6.45, 7) is 7.42. The third kappa shape index (κ3) is 6.36. The fourth-order valence-corrected chi connectivity index (χ4v) is 6.31. The van der Waals surface area contributed by atoms with Gasteiger partial charge in [-0.15, -0.1) is 0 Å². The van der Waals surface area contributed by atoms with Gasteiger partial charge in [0.1, 0.15) is 29.7 Å². The van der Waals surface area contributed by atoms with Crippen molar-refractivity contribution >= 4 is 29.3 Å². The van der Waals surface area contributed by atoms with Crippen LogP contribution in [0.5, 0.6) is 0 Å². The summed E-state index contributed by atoms with van der Waals surface area (Å²) in [5.41, 5.74) is 0.432. The molecule has 2 aliphatic rings. The lowest BCUT2D eigenvalue weighted by Crippen LogP contribution is -2.57. The molecule has 240 valence electrons. The molecule has 0 saturated carbocycles. The Hall–Kier alpha value is -5.05. The number of hydrogen-bond acceptors (Lipinski definition) is 7. The van der Waals surface area contributed by atoms with Crippen LogP contribution < -0.4 is 10.6 Å². The third-order valence-corrected chi connectivity index (χ3v) is 8.64. The van der Waals surface area contributed by atoms with Crippen LogP contribution in [0.3, 0.4) is 0 Å². The summed E-state index contributed by atoms with van der Waals surface area (Å²) in [5, 5.41) is 19.5. The number of nitrogens with one attached hydrogen (secondary N) is 2. The first-order chi connectivity index (χ1) is 21.7. The summed E-state index contributed by atoms with van der Waals surface area (Å²) >= 11 is 0. The minimum atomic E-state index is -1.15. The number of rotatable bonds is 8. The van der Waals surface area contributed by atoms with Crippen molar-refractivity contribution < 1.29 is 28.1 Å². The summed E-state index contributed by atoms with van der Waals surface area (Å²) in [6, 6.07) is 13.4. The number of carbonyl (C=O) groups is 4. The van der Waals surface area contributed by atoms with E-state index in [-0.39, 0.29) is 37.4 Å². The lowest BCUT2D eigenvalue weighted by Gasteiger charge is -2.37. The van der Waals surface area contributed by atoms with E-state index in [0.29, 0.717) is 17.0 Å².